The normalized spacial score (nSPS) is 12.7. The zero-order valence-corrected chi connectivity index (χ0v) is 19.2. The van der Waals surface area contributed by atoms with E-state index in [4.69, 9.17) is 0 Å². The van der Waals surface area contributed by atoms with Crippen molar-refractivity contribution in [2.75, 3.05) is 12.3 Å². The van der Waals surface area contributed by atoms with Crippen molar-refractivity contribution in [1.82, 2.24) is 29.7 Å². The highest BCUT2D eigenvalue weighted by Gasteiger charge is 2.22. The number of hydrogen-bond acceptors (Lipinski definition) is 6. The molecule has 0 atom stereocenters. The minimum absolute atomic E-state index is 0.00284. The Morgan fingerprint density at radius 1 is 1.13 bits per heavy atom. The lowest BCUT2D eigenvalue weighted by atomic mass is 10.1. The molecule has 2 aromatic heterocycles. The summed E-state index contributed by atoms with van der Waals surface area (Å²) < 4.78 is 3.39. The number of tetrazole rings is 1. The van der Waals surface area contributed by atoms with Crippen LogP contribution in [0.15, 0.2) is 46.3 Å². The number of thioether (sulfide) groups is 1. The first kappa shape index (κ1) is 22.7. The van der Waals surface area contributed by atoms with Crippen LogP contribution < -0.4 is 5.56 Å². The summed E-state index contributed by atoms with van der Waals surface area (Å²) in [5.74, 6) is 0.241. The Bertz CT molecular complexity index is 1110. The Morgan fingerprint density at radius 3 is 2.68 bits per heavy atom. The van der Waals surface area contributed by atoms with Crippen LogP contribution in [0, 0.1) is 13.8 Å². The van der Waals surface area contributed by atoms with E-state index in [2.05, 4.69) is 29.4 Å². The summed E-state index contributed by atoms with van der Waals surface area (Å²) in [7, 11) is 0. The highest BCUT2D eigenvalue weighted by molar-refractivity contribution is 7.99. The fraction of sp³-hybridized carbons (Fsp3) is 0.409. The van der Waals surface area contributed by atoms with E-state index >= 15 is 0 Å². The highest BCUT2D eigenvalue weighted by Crippen LogP contribution is 2.22. The van der Waals surface area contributed by atoms with Crippen LogP contribution in [0.2, 0.25) is 0 Å². The molecular formula is C22H28N6O2S. The van der Waals surface area contributed by atoms with Gasteiger partial charge in [0.2, 0.25) is 11.1 Å². The lowest BCUT2D eigenvalue weighted by Gasteiger charge is -2.29. The smallest absolute Gasteiger partial charge is 0.250 e. The van der Waals surface area contributed by atoms with Gasteiger partial charge in [-0.2, -0.15) is 4.68 Å². The maximum absolute atomic E-state index is 12.7. The quantitative estimate of drug-likeness (QED) is 0.580. The Labute approximate surface area is 186 Å². The minimum Gasteiger partial charge on any atom is -0.334 e. The first-order valence-electron chi connectivity index (χ1n) is 10.4. The molecule has 0 fully saturated rings. The second kappa shape index (κ2) is 10.4. The van der Waals surface area contributed by atoms with E-state index in [1.807, 2.05) is 38.1 Å². The van der Waals surface area contributed by atoms with Crippen molar-refractivity contribution in [3.05, 3.63) is 63.6 Å². The van der Waals surface area contributed by atoms with Crippen molar-refractivity contribution >= 4 is 17.7 Å². The molecule has 0 N–H and O–H groups in total. The number of aryl methyl sites for hydroxylation is 2. The maximum atomic E-state index is 12.7. The number of carbonyl (C=O) groups is 1. The number of benzene rings is 1. The zero-order chi connectivity index (χ0) is 22.4. The van der Waals surface area contributed by atoms with Crippen LogP contribution >= 0.6 is 11.8 Å². The standard InChI is InChI=1S/C19H20N6O2S.C3H8/c1-13-6-7-14(2)16(10-13)25-19(20-21-22-25)28-12-18(27)23-8-9-24-15(11-23)4-3-5-17(24)26;1-3-2/h3-7,10H,8-9,11-12H2,1-2H3;3H2,1-2H3. The minimum atomic E-state index is -0.0216. The predicted molar refractivity (Wildman–Crippen MR) is 121 cm³/mol. The molecule has 0 saturated carbocycles. The molecule has 4 rings (SSSR count). The van der Waals surface area contributed by atoms with Crippen LogP contribution in [0.1, 0.15) is 37.1 Å². The second-order valence-corrected chi connectivity index (χ2v) is 8.42. The number of aromatic nitrogens is 5. The first-order chi connectivity index (χ1) is 14.9. The van der Waals surface area contributed by atoms with Crippen LogP contribution in [0.5, 0.6) is 0 Å². The predicted octanol–water partition coefficient (Wildman–Crippen LogP) is 2.99. The van der Waals surface area contributed by atoms with Gasteiger partial charge in [-0.1, -0.05) is 50.2 Å². The number of pyridine rings is 1. The SMILES string of the molecule is CCC.Cc1ccc(C)c(-n2nnnc2SCC(=O)N2CCn3c(cccc3=O)C2)c1. The van der Waals surface area contributed by atoms with Gasteiger partial charge in [-0.25, -0.2) is 0 Å². The molecule has 1 aliphatic heterocycles. The van der Waals surface area contributed by atoms with E-state index in [9.17, 15) is 9.59 Å². The van der Waals surface area contributed by atoms with Gasteiger partial charge in [-0.15, -0.1) is 5.10 Å². The number of hydrogen-bond donors (Lipinski definition) is 0. The van der Waals surface area contributed by atoms with E-state index < -0.39 is 0 Å². The molecule has 0 unspecified atom stereocenters. The number of rotatable bonds is 4. The molecule has 1 aliphatic rings. The van der Waals surface area contributed by atoms with Crippen molar-refractivity contribution in [3.63, 3.8) is 0 Å². The van der Waals surface area contributed by atoms with Gasteiger partial charge in [0, 0.05) is 24.8 Å². The Kier molecular flexibility index (Phi) is 7.62. The molecule has 1 aromatic carbocycles. The summed E-state index contributed by atoms with van der Waals surface area (Å²) in [6, 6.07) is 11.3. The van der Waals surface area contributed by atoms with E-state index in [0.29, 0.717) is 24.8 Å². The van der Waals surface area contributed by atoms with Gasteiger partial charge in [0.1, 0.15) is 0 Å². The molecule has 9 heteroatoms. The largest absolute Gasteiger partial charge is 0.334 e. The fourth-order valence-corrected chi connectivity index (χ4v) is 4.03. The van der Waals surface area contributed by atoms with Crippen molar-refractivity contribution in [1.29, 1.82) is 0 Å². The van der Waals surface area contributed by atoms with Gasteiger partial charge in [0.15, 0.2) is 0 Å². The van der Waals surface area contributed by atoms with E-state index in [1.54, 1.807) is 26.3 Å². The molecule has 8 nitrogen and oxygen atoms in total. The van der Waals surface area contributed by atoms with Gasteiger partial charge in [0.05, 0.1) is 18.0 Å². The van der Waals surface area contributed by atoms with Gasteiger partial charge < -0.3 is 9.47 Å². The second-order valence-electron chi connectivity index (χ2n) is 7.48. The summed E-state index contributed by atoms with van der Waals surface area (Å²) in [5, 5.41) is 12.5. The number of carbonyl (C=O) groups excluding carboxylic acids is 1. The number of fused-ring (bicyclic) bond motifs is 1. The van der Waals surface area contributed by atoms with Crippen LogP contribution in [0.25, 0.3) is 5.69 Å². The zero-order valence-electron chi connectivity index (χ0n) is 18.4. The van der Waals surface area contributed by atoms with Gasteiger partial charge in [-0.05, 0) is 47.5 Å². The molecule has 1 amide bonds. The molecule has 3 heterocycles. The molecule has 0 aliphatic carbocycles. The van der Waals surface area contributed by atoms with E-state index in [0.717, 1.165) is 22.5 Å². The van der Waals surface area contributed by atoms with Crippen molar-refractivity contribution in [2.24, 2.45) is 0 Å². The van der Waals surface area contributed by atoms with E-state index in [1.165, 1.54) is 18.2 Å². The van der Waals surface area contributed by atoms with Crippen molar-refractivity contribution in [3.8, 4) is 5.69 Å². The molecule has 0 spiro atoms. The number of nitrogens with zero attached hydrogens (tertiary/aromatic N) is 6. The van der Waals surface area contributed by atoms with Gasteiger partial charge in [-0.3, -0.25) is 9.59 Å². The van der Waals surface area contributed by atoms with Crippen LogP contribution in [0.4, 0.5) is 0 Å². The average Bonchev–Trinajstić information content (AvgIpc) is 3.22. The Morgan fingerprint density at radius 2 is 1.90 bits per heavy atom. The third-order valence-corrected chi connectivity index (χ3v) is 5.70. The molecule has 0 radical (unpaired) electrons. The first-order valence-corrected chi connectivity index (χ1v) is 11.4. The summed E-state index contributed by atoms with van der Waals surface area (Å²) in [5.41, 5.74) is 3.92. The van der Waals surface area contributed by atoms with Gasteiger partial charge in [0.25, 0.3) is 5.56 Å². The monoisotopic (exact) mass is 440 g/mol. The van der Waals surface area contributed by atoms with E-state index in [-0.39, 0.29) is 17.2 Å². The third-order valence-electron chi connectivity index (χ3n) is 4.80. The lowest BCUT2D eigenvalue weighted by Crippen LogP contribution is -2.42. The fourth-order valence-electron chi connectivity index (χ4n) is 3.25. The Hall–Kier alpha value is -2.94. The topological polar surface area (TPSA) is 85.9 Å². The summed E-state index contributed by atoms with van der Waals surface area (Å²) >= 11 is 1.32. The molecule has 31 heavy (non-hydrogen) atoms. The van der Waals surface area contributed by atoms with Crippen LogP contribution in [-0.4, -0.2) is 47.9 Å². The van der Waals surface area contributed by atoms with Gasteiger partial charge >= 0.3 is 0 Å². The van der Waals surface area contributed by atoms with Crippen LogP contribution in [-0.2, 0) is 17.9 Å². The Balaban J connectivity index is 0.000000858. The molecule has 164 valence electrons. The third kappa shape index (κ3) is 5.41. The molecule has 0 bridgehead atoms. The molecular weight excluding hydrogens is 412 g/mol. The number of amides is 1. The van der Waals surface area contributed by atoms with Crippen LogP contribution in [0.3, 0.4) is 0 Å². The average molecular weight is 441 g/mol. The summed E-state index contributed by atoms with van der Waals surface area (Å²) in [4.78, 5) is 26.3. The summed E-state index contributed by atoms with van der Waals surface area (Å²) in [6.07, 6.45) is 1.25. The molecule has 3 aromatic rings. The highest BCUT2D eigenvalue weighted by atomic mass is 32.2. The maximum Gasteiger partial charge on any atom is 0.250 e. The summed E-state index contributed by atoms with van der Waals surface area (Å²) in [6.45, 7) is 9.76. The molecule has 0 saturated heterocycles. The lowest BCUT2D eigenvalue weighted by molar-refractivity contribution is -0.129. The van der Waals surface area contributed by atoms with Crippen molar-refractivity contribution in [2.45, 2.75) is 52.4 Å². The van der Waals surface area contributed by atoms with Crippen molar-refractivity contribution < 1.29 is 4.79 Å².